The van der Waals surface area contributed by atoms with E-state index in [9.17, 15) is 53.4 Å². The first-order valence-corrected chi connectivity index (χ1v) is 31.1. The number of aromatic hydroxyl groups is 2. The number of hydrogen-bond acceptors (Lipinski definition) is 14. The Morgan fingerprint density at radius 3 is 1.54 bits per heavy atom. The molecule has 2 aromatic heterocycles. The number of nitrogens with one attached hydrogen (secondary N) is 10. The van der Waals surface area contributed by atoms with Crippen molar-refractivity contribution in [1.82, 2.24) is 67.4 Å². The molecular formula is C66H92N14O11. The van der Waals surface area contributed by atoms with Crippen molar-refractivity contribution in [2.45, 2.75) is 174 Å². The Morgan fingerprint density at radius 2 is 1.03 bits per heavy atom. The van der Waals surface area contributed by atoms with Crippen LogP contribution in [0.2, 0.25) is 0 Å². The second kappa shape index (κ2) is 33.6. The summed E-state index contributed by atoms with van der Waals surface area (Å²) in [5.41, 5.74) is 7.93. The second-order valence-corrected chi connectivity index (χ2v) is 25.8. The van der Waals surface area contributed by atoms with Crippen molar-refractivity contribution in [3.05, 3.63) is 132 Å². The molecule has 0 aliphatic carbocycles. The fourth-order valence-corrected chi connectivity index (χ4v) is 10.7. The Labute approximate surface area is 531 Å². The highest BCUT2D eigenvalue weighted by Crippen LogP contribution is 2.23. The molecule has 1 saturated heterocycles. The molecule has 5 aromatic rings. The summed E-state index contributed by atoms with van der Waals surface area (Å²) in [5.74, 6) is -5.96. The summed E-state index contributed by atoms with van der Waals surface area (Å²) in [6.45, 7) is 16.8. The lowest BCUT2D eigenvalue weighted by Crippen LogP contribution is -2.60. The number of rotatable bonds is 33. The highest BCUT2D eigenvalue weighted by molar-refractivity contribution is 5.97. The van der Waals surface area contributed by atoms with Gasteiger partial charge in [-0.3, -0.25) is 43.2 Å². The number of benzene rings is 3. The van der Waals surface area contributed by atoms with E-state index in [0.29, 0.717) is 53.8 Å². The summed E-state index contributed by atoms with van der Waals surface area (Å²) < 4.78 is 0. The third-order valence-electron chi connectivity index (χ3n) is 15.7. The van der Waals surface area contributed by atoms with Gasteiger partial charge in [-0.2, -0.15) is 0 Å². The van der Waals surface area contributed by atoms with Gasteiger partial charge in [0.2, 0.25) is 53.2 Å². The van der Waals surface area contributed by atoms with E-state index in [0.717, 1.165) is 0 Å². The van der Waals surface area contributed by atoms with Crippen LogP contribution in [0.15, 0.2) is 104 Å². The number of likely N-dealkylation sites (tertiary alicyclic amines) is 1. The van der Waals surface area contributed by atoms with E-state index in [1.165, 1.54) is 48.0 Å². The number of H-pyrrole nitrogens is 2. The molecule has 9 amide bonds. The van der Waals surface area contributed by atoms with Crippen LogP contribution >= 0.6 is 0 Å². The minimum absolute atomic E-state index is 0.00763. The first-order valence-electron chi connectivity index (χ1n) is 31.1. The van der Waals surface area contributed by atoms with Gasteiger partial charge in [0.05, 0.1) is 18.7 Å². The minimum atomic E-state index is -1.29. The third-order valence-corrected chi connectivity index (χ3v) is 15.7. The van der Waals surface area contributed by atoms with Crippen LogP contribution in [0.4, 0.5) is 0 Å². The number of amides is 9. The summed E-state index contributed by atoms with van der Waals surface area (Å²) in [6, 6.07) is 11.5. The molecule has 0 radical (unpaired) electrons. The molecule has 9 atom stereocenters. The maximum Gasteiger partial charge on any atom is 0.246 e. The zero-order chi connectivity index (χ0) is 66.5. The predicted octanol–water partition coefficient (Wildman–Crippen LogP) is 2.68. The molecule has 0 saturated carbocycles. The monoisotopic (exact) mass is 1260 g/mol. The Bertz CT molecular complexity index is 3190. The second-order valence-electron chi connectivity index (χ2n) is 25.8. The average molecular weight is 1260 g/mol. The van der Waals surface area contributed by atoms with Gasteiger partial charge in [0, 0.05) is 80.4 Å². The van der Waals surface area contributed by atoms with Crippen LogP contribution in [0.25, 0.3) is 0 Å². The summed E-state index contributed by atoms with van der Waals surface area (Å²) in [4.78, 5) is 143. The number of nitrogens with zero attached hydrogens (tertiary/aromatic N) is 3. The SMILES string of the molecule is CC(C)C[C@@H](CN[C@H](CC(C)C)C(=O)N[C@H](C(=O)N[C@@H](Cc1ccc(O)cc1)C(=O)N[C@@H](Cc1ccc(O)cc1)C(N)=O)C(C)C)NC(=O)[C@H](Cc1cnc[nH]1)NC(=O)[C@H](Cc1ccccc1)NC(=O)[C@@H]1CCCN1C(=O)[C@H](Cc1cnc[nH]1)NC(=O)C(C)(C)C. The molecule has 3 heterocycles. The van der Waals surface area contributed by atoms with Gasteiger partial charge in [-0.05, 0) is 84.4 Å². The molecule has 3 aromatic carbocycles. The number of phenols is 2. The van der Waals surface area contributed by atoms with Crippen LogP contribution in [0, 0.1) is 23.2 Å². The third kappa shape index (κ3) is 22.4. The highest BCUT2D eigenvalue weighted by Gasteiger charge is 2.41. The molecule has 1 aliphatic heterocycles. The fraction of sp³-hybridized carbons (Fsp3) is 0.500. The number of aromatic amines is 2. The molecule has 6 rings (SSSR count). The molecular weight excluding hydrogens is 1160 g/mol. The highest BCUT2D eigenvalue weighted by atomic mass is 16.3. The maximum absolute atomic E-state index is 14.8. The molecule has 1 fully saturated rings. The minimum Gasteiger partial charge on any atom is -0.508 e. The molecule has 0 unspecified atom stereocenters. The number of nitrogens with two attached hydrogens (primary N) is 1. The first kappa shape index (κ1) is 71.0. The molecule has 25 nitrogen and oxygen atoms in total. The van der Waals surface area contributed by atoms with Gasteiger partial charge >= 0.3 is 0 Å². The van der Waals surface area contributed by atoms with Crippen LogP contribution in [0.1, 0.15) is 116 Å². The quantitative estimate of drug-likeness (QED) is 0.0287. The molecule has 14 N–H and O–H groups in total. The fourth-order valence-electron chi connectivity index (χ4n) is 10.7. The van der Waals surface area contributed by atoms with Crippen LogP contribution in [0.3, 0.4) is 0 Å². The largest absolute Gasteiger partial charge is 0.508 e. The van der Waals surface area contributed by atoms with Gasteiger partial charge < -0.3 is 73.3 Å². The summed E-state index contributed by atoms with van der Waals surface area (Å²) >= 11 is 0. The number of hydrogen-bond donors (Lipinski definition) is 13. The number of phenolic OH excluding ortho intramolecular Hbond substituents is 2. The predicted molar refractivity (Wildman–Crippen MR) is 341 cm³/mol. The Morgan fingerprint density at radius 1 is 0.560 bits per heavy atom. The van der Waals surface area contributed by atoms with Crippen molar-refractivity contribution in [2.75, 3.05) is 13.1 Å². The van der Waals surface area contributed by atoms with Gasteiger partial charge in [-0.15, -0.1) is 0 Å². The summed E-state index contributed by atoms with van der Waals surface area (Å²) in [5, 5.41) is 43.4. The van der Waals surface area contributed by atoms with Crippen LogP contribution < -0.4 is 48.3 Å². The summed E-state index contributed by atoms with van der Waals surface area (Å²) in [7, 11) is 0. The molecule has 91 heavy (non-hydrogen) atoms. The normalized spacial score (nSPS) is 15.9. The number of carbonyl (C=O) groups excluding carboxylic acids is 9. The van der Waals surface area contributed by atoms with Crippen LogP contribution in [-0.4, -0.2) is 156 Å². The Hall–Kier alpha value is -9.13. The standard InChI is InChI=1S/C66H92N14O11/c1-38(2)26-46(35-70-50(27-39(3)4)58(84)79-56(40(5)6)63(89)77-52(30-43-19-23-48(82)24-20-43)60(86)74-49(57(67)83)28-42-17-21-47(81)22-18-42)73-59(85)53(31-44-33-68-36-71-44)75-61(87)51(29-41-14-11-10-12-15-41)76-62(88)55-16-13-25-80(55)64(90)54(32-45-34-69-37-72-45)78-65(91)66(7,8)9/h10-12,14-15,17-24,33-34,36-40,46,49-56,70,81-82H,13,16,25-32,35H2,1-9H3,(H2,67,83)(H,68,71)(H,69,72)(H,73,85)(H,74,86)(H,75,87)(H,76,88)(H,77,89)(H,78,91)(H,79,84)/t46-,49-,50+,51-,52-,53-,54-,55-,56-/m0/s1. The molecule has 0 bridgehead atoms. The van der Waals surface area contributed by atoms with Gasteiger partial charge in [0.25, 0.3) is 0 Å². The zero-order valence-electron chi connectivity index (χ0n) is 53.5. The Kier molecular flexibility index (Phi) is 26.2. The van der Waals surface area contributed by atoms with Crippen molar-refractivity contribution in [3.63, 3.8) is 0 Å². The lowest BCUT2D eigenvalue weighted by atomic mass is 9.94. The van der Waals surface area contributed by atoms with Gasteiger partial charge in [0.15, 0.2) is 0 Å². The van der Waals surface area contributed by atoms with Crippen molar-refractivity contribution in [2.24, 2.45) is 28.9 Å². The van der Waals surface area contributed by atoms with E-state index in [1.807, 2.05) is 45.9 Å². The van der Waals surface area contributed by atoms with Crippen molar-refractivity contribution in [1.29, 1.82) is 0 Å². The summed E-state index contributed by atoms with van der Waals surface area (Å²) in [6.07, 6.45) is 7.53. The lowest BCUT2D eigenvalue weighted by Gasteiger charge is -2.31. The molecule has 492 valence electrons. The van der Waals surface area contributed by atoms with Crippen molar-refractivity contribution in [3.8, 4) is 11.5 Å². The number of aromatic nitrogens is 4. The van der Waals surface area contributed by atoms with Crippen LogP contribution in [0.5, 0.6) is 11.5 Å². The Balaban J connectivity index is 1.18. The van der Waals surface area contributed by atoms with Gasteiger partial charge in [0.1, 0.15) is 53.8 Å². The van der Waals surface area contributed by atoms with E-state index >= 15 is 0 Å². The van der Waals surface area contributed by atoms with Crippen molar-refractivity contribution < 1.29 is 53.4 Å². The lowest BCUT2D eigenvalue weighted by molar-refractivity contribution is -0.143. The molecule has 0 spiro atoms. The van der Waals surface area contributed by atoms with Gasteiger partial charge in [-0.25, -0.2) is 9.97 Å². The smallest absolute Gasteiger partial charge is 0.246 e. The van der Waals surface area contributed by atoms with E-state index < -0.39 is 113 Å². The average Bonchev–Trinajstić information content (AvgIpc) is 1.88. The van der Waals surface area contributed by atoms with E-state index in [2.05, 4.69) is 62.5 Å². The topological polar surface area (TPSA) is 377 Å². The van der Waals surface area contributed by atoms with Crippen LogP contribution in [-0.2, 0) is 75.3 Å². The van der Waals surface area contributed by atoms with Gasteiger partial charge in [-0.1, -0.05) is 117 Å². The molecule has 25 heteroatoms. The zero-order valence-corrected chi connectivity index (χ0v) is 53.5. The maximum atomic E-state index is 14.8. The number of carbonyl (C=O) groups is 9. The van der Waals surface area contributed by atoms with E-state index in [4.69, 9.17) is 5.73 Å². The van der Waals surface area contributed by atoms with Crippen molar-refractivity contribution >= 4 is 53.2 Å². The first-order chi connectivity index (χ1) is 43.1. The molecule has 1 aliphatic rings. The number of primary amides is 1. The van der Waals surface area contributed by atoms with E-state index in [1.54, 1.807) is 77.2 Å². The van der Waals surface area contributed by atoms with E-state index in [-0.39, 0.29) is 74.4 Å². The number of imidazole rings is 2.